The van der Waals surface area contributed by atoms with Gasteiger partial charge in [0.15, 0.2) is 11.3 Å². The number of aromatic amines is 1. The summed E-state index contributed by atoms with van der Waals surface area (Å²) in [6.07, 6.45) is 20.9. The molecular formula is C23H23N3O4. The second kappa shape index (κ2) is 11.1. The average molecular weight is 405 g/mol. The minimum atomic E-state index is -0.787. The van der Waals surface area contributed by atoms with Gasteiger partial charge in [0.2, 0.25) is 11.7 Å². The van der Waals surface area contributed by atoms with Crippen LogP contribution in [0.5, 0.6) is 0 Å². The predicted octanol–water partition coefficient (Wildman–Crippen LogP) is 3.12. The zero-order chi connectivity index (χ0) is 21.9. The van der Waals surface area contributed by atoms with Crippen LogP contribution >= 0.6 is 0 Å². The van der Waals surface area contributed by atoms with Gasteiger partial charge >= 0.3 is 5.97 Å². The molecule has 0 atom stereocenters. The third-order valence-corrected chi connectivity index (χ3v) is 4.10. The molecule has 2 heterocycles. The van der Waals surface area contributed by atoms with E-state index in [1.54, 1.807) is 24.5 Å². The Morgan fingerprint density at radius 1 is 1.37 bits per heavy atom. The van der Waals surface area contributed by atoms with E-state index in [-0.39, 0.29) is 17.2 Å². The van der Waals surface area contributed by atoms with Crippen molar-refractivity contribution in [2.45, 2.75) is 13.3 Å². The number of H-pyrrole nitrogens is 1. The second-order valence-electron chi connectivity index (χ2n) is 6.07. The smallest absolute Gasteiger partial charge is 0.347 e. The molecule has 1 aliphatic rings. The van der Waals surface area contributed by atoms with Crippen LogP contribution in [0.4, 0.5) is 0 Å². The number of hydrogen-bond acceptors (Lipinski definition) is 6. The van der Waals surface area contributed by atoms with Crippen molar-refractivity contribution in [3.63, 3.8) is 0 Å². The molecule has 30 heavy (non-hydrogen) atoms. The van der Waals surface area contributed by atoms with E-state index in [0.717, 1.165) is 17.4 Å². The molecule has 1 aromatic heterocycles. The minimum absolute atomic E-state index is 0.0105. The van der Waals surface area contributed by atoms with Crippen molar-refractivity contribution in [2.75, 3.05) is 13.7 Å². The van der Waals surface area contributed by atoms with Crippen molar-refractivity contribution >= 4 is 30.1 Å². The first-order valence-electron chi connectivity index (χ1n) is 9.18. The molecule has 154 valence electrons. The highest BCUT2D eigenvalue weighted by atomic mass is 16.5. The lowest BCUT2D eigenvalue weighted by molar-refractivity contribution is -0.137. The molecule has 0 radical (unpaired) electrons. The van der Waals surface area contributed by atoms with Crippen LogP contribution in [0.25, 0.3) is 12.2 Å². The van der Waals surface area contributed by atoms with Gasteiger partial charge in [-0.15, -0.1) is 6.42 Å². The Morgan fingerprint density at radius 2 is 2.13 bits per heavy atom. The van der Waals surface area contributed by atoms with E-state index in [2.05, 4.69) is 16.2 Å². The van der Waals surface area contributed by atoms with Crippen LogP contribution in [0.15, 0.2) is 59.5 Å². The van der Waals surface area contributed by atoms with E-state index in [1.165, 1.54) is 13.2 Å². The molecular weight excluding hydrogens is 382 g/mol. The topological polar surface area (TPSA) is 104 Å². The Morgan fingerprint density at radius 3 is 2.80 bits per heavy atom. The van der Waals surface area contributed by atoms with Crippen LogP contribution in [0.2, 0.25) is 0 Å². The van der Waals surface area contributed by atoms with E-state index >= 15 is 0 Å². The monoisotopic (exact) mass is 405 g/mol. The third kappa shape index (κ3) is 5.49. The van der Waals surface area contributed by atoms with Crippen molar-refractivity contribution in [1.82, 2.24) is 10.3 Å². The van der Waals surface area contributed by atoms with Crippen LogP contribution in [0, 0.1) is 17.8 Å². The Bertz CT molecular complexity index is 1010. The number of esters is 1. The van der Waals surface area contributed by atoms with Gasteiger partial charge in [-0.2, -0.15) is 0 Å². The van der Waals surface area contributed by atoms with Gasteiger partial charge in [-0.1, -0.05) is 30.2 Å². The zero-order valence-electron chi connectivity index (χ0n) is 16.8. The maximum atomic E-state index is 12.8. The van der Waals surface area contributed by atoms with Gasteiger partial charge < -0.3 is 25.2 Å². The van der Waals surface area contributed by atoms with Gasteiger partial charge in [0.05, 0.1) is 7.11 Å². The lowest BCUT2D eigenvalue weighted by Gasteiger charge is -2.08. The van der Waals surface area contributed by atoms with Gasteiger partial charge in [0.25, 0.3) is 0 Å². The number of nitrogens with one attached hydrogen (secondary N) is 3. The molecule has 3 N–H and O–H groups in total. The molecule has 7 heteroatoms. The first-order valence-corrected chi connectivity index (χ1v) is 9.18. The number of ether oxygens (including phenoxy) is 2. The average Bonchev–Trinajstić information content (AvgIpc) is 3.32. The quantitative estimate of drug-likeness (QED) is 0.146. The largest absolute Gasteiger partial charge is 0.465 e. The third-order valence-electron chi connectivity index (χ3n) is 4.10. The highest BCUT2D eigenvalue weighted by Crippen LogP contribution is 2.27. The number of methoxy groups -OCH3 is 1. The summed E-state index contributed by atoms with van der Waals surface area (Å²) in [5.74, 6) is 1.26. The number of carbonyl (C=O) groups is 2. The summed E-state index contributed by atoms with van der Waals surface area (Å²) in [7, 11) is 1.20. The van der Waals surface area contributed by atoms with Gasteiger partial charge in [-0.3, -0.25) is 4.79 Å². The molecule has 2 rings (SSSR count). The summed E-state index contributed by atoms with van der Waals surface area (Å²) in [6, 6.07) is 0. The van der Waals surface area contributed by atoms with Crippen molar-refractivity contribution < 1.29 is 19.1 Å². The van der Waals surface area contributed by atoms with Crippen molar-refractivity contribution in [2.24, 2.45) is 0 Å². The highest BCUT2D eigenvalue weighted by Gasteiger charge is 2.36. The molecule has 0 aliphatic carbocycles. The molecule has 0 spiro atoms. The van der Waals surface area contributed by atoms with Crippen LogP contribution in [0.3, 0.4) is 0 Å². The standard InChI is InChI=1S/C23H23N3O4/c1-4-6-8-16(5-2)10-12-26-22-20(23(28)29-3)21(27)19(30-22)13-18-15-25-14-17(18)9-7-11-24/h2,4,6-9,11,13-15,24-26H,10,12H2,1,3H3/b6-4-,9-7-,16-8+,19-13-,24-11?. The molecule has 0 amide bonds. The summed E-state index contributed by atoms with van der Waals surface area (Å²) in [4.78, 5) is 27.8. The number of allylic oxidation sites excluding steroid dienone is 5. The normalized spacial score (nSPS) is 15.7. The number of aromatic nitrogens is 1. The molecule has 0 aromatic carbocycles. The fraction of sp³-hybridized carbons (Fsp3) is 0.174. The van der Waals surface area contributed by atoms with E-state index < -0.39 is 11.8 Å². The molecule has 0 unspecified atom stereocenters. The molecule has 1 aliphatic heterocycles. The summed E-state index contributed by atoms with van der Waals surface area (Å²) in [5.41, 5.74) is 1.99. The molecule has 0 saturated carbocycles. The predicted molar refractivity (Wildman–Crippen MR) is 116 cm³/mol. The summed E-state index contributed by atoms with van der Waals surface area (Å²) < 4.78 is 10.4. The first-order chi connectivity index (χ1) is 14.5. The van der Waals surface area contributed by atoms with E-state index in [9.17, 15) is 9.59 Å². The summed E-state index contributed by atoms with van der Waals surface area (Å²) in [6.45, 7) is 2.25. The SMILES string of the molecule is C#C/C(=C\C=C/C)CCNC1=C(C(=O)OC)C(=O)/C(=C/c2c[nH]cc2/C=C\C=N)O1. The molecule has 0 fully saturated rings. The van der Waals surface area contributed by atoms with Crippen molar-refractivity contribution in [1.29, 1.82) is 5.41 Å². The maximum absolute atomic E-state index is 12.8. The fourth-order valence-corrected chi connectivity index (χ4v) is 2.62. The van der Waals surface area contributed by atoms with Crippen LogP contribution in [0.1, 0.15) is 24.5 Å². The number of hydrogen-bond donors (Lipinski definition) is 3. The second-order valence-corrected chi connectivity index (χ2v) is 6.07. The zero-order valence-corrected chi connectivity index (χ0v) is 16.8. The molecule has 0 saturated heterocycles. The Kier molecular flexibility index (Phi) is 8.21. The number of ketones is 1. The van der Waals surface area contributed by atoms with Crippen LogP contribution in [-0.2, 0) is 19.1 Å². The van der Waals surface area contributed by atoms with Crippen molar-refractivity contribution in [3.8, 4) is 12.3 Å². The Balaban J connectivity index is 2.23. The summed E-state index contributed by atoms with van der Waals surface area (Å²) >= 11 is 0. The highest BCUT2D eigenvalue weighted by molar-refractivity contribution is 6.26. The van der Waals surface area contributed by atoms with E-state index in [4.69, 9.17) is 21.3 Å². The number of carbonyl (C=O) groups excluding carboxylic acids is 2. The lowest BCUT2D eigenvalue weighted by atomic mass is 10.1. The summed E-state index contributed by atoms with van der Waals surface area (Å²) in [5, 5.41) is 10.1. The Labute approximate surface area is 175 Å². The van der Waals surface area contributed by atoms with Gasteiger partial charge in [-0.05, 0) is 31.1 Å². The number of terminal acetylenes is 1. The maximum Gasteiger partial charge on any atom is 0.347 e. The lowest BCUT2D eigenvalue weighted by Crippen LogP contribution is -2.20. The molecule has 1 aromatic rings. The van der Waals surface area contributed by atoms with Gasteiger partial charge in [-0.25, -0.2) is 4.79 Å². The van der Waals surface area contributed by atoms with Crippen LogP contribution in [-0.4, -0.2) is 36.6 Å². The minimum Gasteiger partial charge on any atom is -0.465 e. The number of rotatable bonds is 9. The van der Waals surface area contributed by atoms with Gasteiger partial charge in [0, 0.05) is 36.3 Å². The van der Waals surface area contributed by atoms with Crippen LogP contribution < -0.4 is 5.32 Å². The Hall–Kier alpha value is -4.05. The molecule has 7 nitrogen and oxygen atoms in total. The van der Waals surface area contributed by atoms with Crippen molar-refractivity contribution in [3.05, 3.63) is 70.6 Å². The van der Waals surface area contributed by atoms with Gasteiger partial charge in [0.1, 0.15) is 0 Å². The van der Waals surface area contributed by atoms with E-state index in [1.807, 2.05) is 25.2 Å². The van der Waals surface area contributed by atoms with E-state index in [0.29, 0.717) is 18.5 Å². The number of Topliss-reactive ketones (excluding diaryl/α,β-unsaturated/α-hetero) is 1. The fourth-order valence-electron chi connectivity index (χ4n) is 2.62. The molecule has 0 bridgehead atoms. The first kappa shape index (κ1) is 22.2.